The third-order valence-electron chi connectivity index (χ3n) is 7.95. The number of ether oxygens (including phenoxy) is 1. The minimum atomic E-state index is -4.45. The van der Waals surface area contributed by atoms with E-state index in [1.165, 1.54) is 37.4 Å². The molecule has 0 aliphatic rings. The van der Waals surface area contributed by atoms with E-state index in [0.717, 1.165) is 28.5 Å². The Bertz CT molecular complexity index is 2300. The number of para-hydroxylation sites is 1. The van der Waals surface area contributed by atoms with Crippen molar-refractivity contribution in [2.24, 2.45) is 0 Å². The Morgan fingerprint density at radius 1 is 0.517 bits per heavy atom. The smallest absolute Gasteiger partial charge is 0.489 e. The van der Waals surface area contributed by atoms with Crippen LogP contribution in [0.25, 0.3) is 21.9 Å². The molecule has 0 amide bonds. The summed E-state index contributed by atoms with van der Waals surface area (Å²) in [6, 6.07) is 34.7. The van der Waals surface area contributed by atoms with E-state index < -0.39 is 47.3 Å². The number of halogens is 5. The molecule has 6 aromatic carbocycles. The summed E-state index contributed by atoms with van der Waals surface area (Å²) in [6.45, 7) is 0. The molecule has 10 N–H and O–H groups in total. The highest BCUT2D eigenvalue weighted by molar-refractivity contribution is 6.63. The van der Waals surface area contributed by atoms with E-state index in [9.17, 15) is 27.6 Å². The van der Waals surface area contributed by atoms with E-state index in [1.54, 1.807) is 60.7 Å². The highest BCUT2D eigenvalue weighted by Gasteiger charge is 2.31. The van der Waals surface area contributed by atoms with Crippen molar-refractivity contribution in [2.45, 2.75) is 6.18 Å². The van der Waals surface area contributed by atoms with Crippen molar-refractivity contribution in [3.05, 3.63) is 156 Å². The van der Waals surface area contributed by atoms with Crippen LogP contribution in [0.3, 0.4) is 0 Å². The van der Waals surface area contributed by atoms with Crippen molar-refractivity contribution in [3.8, 4) is 5.75 Å². The monoisotopic (exact) mass is 850 g/mol. The van der Waals surface area contributed by atoms with Crippen molar-refractivity contribution in [1.82, 2.24) is 0 Å². The molecular formula is C38H36B5ClF4O12. The first kappa shape index (κ1) is 49.2. The summed E-state index contributed by atoms with van der Waals surface area (Å²) in [5, 5.41) is 89.9. The summed E-state index contributed by atoms with van der Waals surface area (Å²) in [6.07, 6.45) is -4.45. The molecule has 0 bridgehead atoms. The number of benzene rings is 6. The summed E-state index contributed by atoms with van der Waals surface area (Å²) in [7, 11) is -6.17. The maximum atomic E-state index is 12.2. The Morgan fingerprint density at radius 3 is 1.52 bits per heavy atom. The van der Waals surface area contributed by atoms with Crippen LogP contribution in [0.1, 0.15) is 5.56 Å². The van der Waals surface area contributed by atoms with Crippen LogP contribution in [-0.4, -0.2) is 92.9 Å². The lowest BCUT2D eigenvalue weighted by atomic mass is 9.77. The lowest BCUT2D eigenvalue weighted by molar-refractivity contribution is -0.137. The molecule has 1 heterocycles. The molecule has 0 atom stereocenters. The highest BCUT2D eigenvalue weighted by atomic mass is 35.5. The van der Waals surface area contributed by atoms with E-state index >= 15 is 0 Å². The molecule has 0 fully saturated rings. The van der Waals surface area contributed by atoms with Gasteiger partial charge in [-0.05, 0) is 75.8 Å². The Balaban J connectivity index is 0.000000203. The molecule has 12 nitrogen and oxygen atoms in total. The first-order chi connectivity index (χ1) is 28.3. The summed E-state index contributed by atoms with van der Waals surface area (Å²) < 4.78 is 58.9. The SMILES string of the molecule is COc1cccc(B(O)O)c1.OB(O)c1ccc(Cl)cc1.OB(O)c1ccc(F)cc1.OB(O)c1cccc(C(F)(F)F)c1.OB(O)c1cccc2oc3ccccc3c12. The third kappa shape index (κ3) is 15.5. The molecule has 22 heteroatoms. The van der Waals surface area contributed by atoms with Gasteiger partial charge in [-0.1, -0.05) is 103 Å². The van der Waals surface area contributed by atoms with Gasteiger partial charge < -0.3 is 59.4 Å². The molecule has 0 radical (unpaired) electrons. The van der Waals surface area contributed by atoms with Gasteiger partial charge >= 0.3 is 41.8 Å². The molecule has 1 aromatic heterocycles. The van der Waals surface area contributed by atoms with Crippen molar-refractivity contribution in [1.29, 1.82) is 0 Å². The number of alkyl halides is 3. The molecule has 0 saturated heterocycles. The van der Waals surface area contributed by atoms with Crippen molar-refractivity contribution in [2.75, 3.05) is 7.11 Å². The van der Waals surface area contributed by atoms with Gasteiger partial charge in [-0.2, -0.15) is 13.2 Å². The first-order valence-electron chi connectivity index (χ1n) is 17.3. The van der Waals surface area contributed by atoms with Gasteiger partial charge in [0.05, 0.1) is 12.7 Å². The van der Waals surface area contributed by atoms with E-state index in [0.29, 0.717) is 44.3 Å². The van der Waals surface area contributed by atoms with Gasteiger partial charge in [0.25, 0.3) is 0 Å². The van der Waals surface area contributed by atoms with Crippen LogP contribution in [0.2, 0.25) is 5.02 Å². The number of furan rings is 1. The lowest BCUT2D eigenvalue weighted by Gasteiger charge is -2.07. The Morgan fingerprint density at radius 2 is 1.00 bits per heavy atom. The molecule has 0 saturated carbocycles. The summed E-state index contributed by atoms with van der Waals surface area (Å²) in [5.41, 5.74) is 2.02. The predicted molar refractivity (Wildman–Crippen MR) is 225 cm³/mol. The molecule has 0 aliphatic carbocycles. The quantitative estimate of drug-likeness (QED) is 0.0819. The molecule has 7 rings (SSSR count). The van der Waals surface area contributed by atoms with Gasteiger partial charge in [-0.25, -0.2) is 4.39 Å². The maximum absolute atomic E-state index is 12.2. The average molecular weight is 850 g/mol. The second-order valence-corrected chi connectivity index (χ2v) is 12.6. The minimum absolute atomic E-state index is 0.171. The molecule has 0 aliphatic heterocycles. The van der Waals surface area contributed by atoms with Crippen LogP contribution in [0, 0.1) is 5.82 Å². The van der Waals surface area contributed by atoms with Gasteiger partial charge in [-0.3, -0.25) is 0 Å². The second-order valence-electron chi connectivity index (χ2n) is 12.2. The standard InChI is InChI=1S/C12H9BO3.C7H6BF3O2.C7H9BO3.C6H6BClO2.C6H6BFO2/c14-13(15)9-5-3-7-11-12(9)8-4-1-2-6-10(8)16-11;9-7(10,11)5-2-1-3-6(4-5)8(12)13;1-11-7-4-2-3-6(5-7)8(9)10;2*8-6-3-1-5(2-4-6)7(9)10/h1-7,14-15H;1-4,12-13H;2-5,9-10H,1H3;2*1-4,9-10H. The van der Waals surface area contributed by atoms with Gasteiger partial charge in [0, 0.05) is 15.8 Å². The van der Waals surface area contributed by atoms with E-state index in [2.05, 4.69) is 0 Å². The van der Waals surface area contributed by atoms with Gasteiger partial charge in [0.2, 0.25) is 0 Å². The number of hydrogen-bond acceptors (Lipinski definition) is 12. The van der Waals surface area contributed by atoms with Crippen molar-refractivity contribution in [3.63, 3.8) is 0 Å². The molecule has 0 spiro atoms. The van der Waals surface area contributed by atoms with Crippen molar-refractivity contribution >= 4 is 96.4 Å². The second kappa shape index (κ2) is 23.6. The number of fused-ring (bicyclic) bond motifs is 3. The molecule has 310 valence electrons. The van der Waals surface area contributed by atoms with Crippen LogP contribution in [0.15, 0.2) is 144 Å². The van der Waals surface area contributed by atoms with Crippen LogP contribution in [0.4, 0.5) is 17.6 Å². The fourth-order valence-corrected chi connectivity index (χ4v) is 5.09. The molecular weight excluding hydrogens is 814 g/mol. The molecule has 60 heavy (non-hydrogen) atoms. The van der Waals surface area contributed by atoms with Gasteiger partial charge in [0.1, 0.15) is 22.7 Å². The normalized spacial score (nSPS) is 10.3. The zero-order valence-electron chi connectivity index (χ0n) is 31.3. The molecule has 7 aromatic rings. The summed E-state index contributed by atoms with van der Waals surface area (Å²) >= 11 is 5.55. The van der Waals surface area contributed by atoms with E-state index in [-0.39, 0.29) is 11.3 Å². The predicted octanol–water partition coefficient (Wildman–Crippen LogP) is 0.551. The Hall–Kier alpha value is -5.15. The Kier molecular flexibility index (Phi) is 19.4. The van der Waals surface area contributed by atoms with Crippen LogP contribution in [0.5, 0.6) is 5.75 Å². The number of hydrogen-bond donors (Lipinski definition) is 10. The average Bonchev–Trinajstić information content (AvgIpc) is 3.61. The van der Waals surface area contributed by atoms with E-state index in [4.69, 9.17) is 60.9 Å². The topological polar surface area (TPSA) is 225 Å². The Labute approximate surface area is 347 Å². The van der Waals surface area contributed by atoms with Crippen molar-refractivity contribution < 1.29 is 77.0 Å². The molecule has 0 unspecified atom stereocenters. The third-order valence-corrected chi connectivity index (χ3v) is 8.21. The van der Waals surface area contributed by atoms with E-state index in [1.807, 2.05) is 30.3 Å². The fourth-order valence-electron chi connectivity index (χ4n) is 4.96. The zero-order chi connectivity index (χ0) is 44.6. The largest absolute Gasteiger partial charge is 0.497 e. The lowest BCUT2D eigenvalue weighted by Crippen LogP contribution is -2.30. The summed E-state index contributed by atoms with van der Waals surface area (Å²) in [5.74, 6) is 0.236. The van der Waals surface area contributed by atoms with Crippen LogP contribution >= 0.6 is 11.6 Å². The fraction of sp³-hybridized carbons (Fsp3) is 0.0526. The van der Waals surface area contributed by atoms with Crippen LogP contribution < -0.4 is 32.1 Å². The minimum Gasteiger partial charge on any atom is -0.497 e. The van der Waals surface area contributed by atoms with Crippen LogP contribution in [-0.2, 0) is 6.18 Å². The number of rotatable bonds is 6. The first-order valence-corrected chi connectivity index (χ1v) is 17.7. The zero-order valence-corrected chi connectivity index (χ0v) is 32.1. The summed E-state index contributed by atoms with van der Waals surface area (Å²) in [4.78, 5) is 0. The maximum Gasteiger partial charge on any atom is 0.489 e. The van der Waals surface area contributed by atoms with Gasteiger partial charge in [-0.15, -0.1) is 0 Å². The highest BCUT2D eigenvalue weighted by Crippen LogP contribution is 2.28. The van der Waals surface area contributed by atoms with Gasteiger partial charge in [0.15, 0.2) is 0 Å². The number of methoxy groups -OCH3 is 1.